The van der Waals surface area contributed by atoms with Gasteiger partial charge in [-0.05, 0) is 31.3 Å². The fourth-order valence-corrected chi connectivity index (χ4v) is 1.30. The highest BCUT2D eigenvalue weighted by molar-refractivity contribution is 5.53. The van der Waals surface area contributed by atoms with Crippen LogP contribution in [0.5, 0.6) is 0 Å². The van der Waals surface area contributed by atoms with Crippen molar-refractivity contribution in [2.24, 2.45) is 5.73 Å². The molecule has 2 heteroatoms. The van der Waals surface area contributed by atoms with Gasteiger partial charge in [-0.15, -0.1) is 0 Å². The Morgan fingerprint density at radius 1 is 1.29 bits per heavy atom. The summed E-state index contributed by atoms with van der Waals surface area (Å²) < 4.78 is 0. The number of allylic oxidation sites excluding steroid dienone is 2. The molecule has 0 heterocycles. The van der Waals surface area contributed by atoms with Crippen LogP contribution in [-0.2, 0) is 0 Å². The van der Waals surface area contributed by atoms with Crippen molar-refractivity contribution >= 4 is 5.69 Å². The van der Waals surface area contributed by atoms with E-state index in [1.54, 1.807) is 6.20 Å². The third kappa shape index (κ3) is 2.39. The van der Waals surface area contributed by atoms with E-state index in [2.05, 4.69) is 17.0 Å². The first kappa shape index (κ1) is 10.4. The lowest BCUT2D eigenvalue weighted by atomic mass is 10.2. The van der Waals surface area contributed by atoms with Gasteiger partial charge in [0.1, 0.15) is 0 Å². The largest absolute Gasteiger partial charge is 0.405 e. The molecule has 14 heavy (non-hydrogen) atoms. The van der Waals surface area contributed by atoms with Crippen molar-refractivity contribution in [2.45, 2.75) is 6.92 Å². The number of rotatable bonds is 3. The summed E-state index contributed by atoms with van der Waals surface area (Å²) in [4.78, 5) is 2.09. The minimum Gasteiger partial charge on any atom is -0.405 e. The third-order valence-electron chi connectivity index (χ3n) is 2.09. The standard InChI is InChI=1S/C12H16N2/c1-3-11(9-10-13)14(2)12-7-5-4-6-8-12/h3-10H,13H2,1-2H3/b10-9-,11-3+. The van der Waals surface area contributed by atoms with Crippen LogP contribution >= 0.6 is 0 Å². The molecule has 0 fully saturated rings. The second kappa shape index (κ2) is 5.12. The minimum absolute atomic E-state index is 1.08. The maximum absolute atomic E-state index is 5.37. The van der Waals surface area contributed by atoms with E-state index >= 15 is 0 Å². The SMILES string of the molecule is C/C=C(\C=C/N)N(C)c1ccccc1. The van der Waals surface area contributed by atoms with Crippen LogP contribution in [0.15, 0.2) is 54.4 Å². The van der Waals surface area contributed by atoms with Gasteiger partial charge in [0.25, 0.3) is 0 Å². The van der Waals surface area contributed by atoms with Gasteiger partial charge >= 0.3 is 0 Å². The summed E-state index contributed by atoms with van der Waals surface area (Å²) in [6.07, 6.45) is 5.46. The van der Waals surface area contributed by atoms with Gasteiger partial charge in [-0.1, -0.05) is 24.3 Å². The van der Waals surface area contributed by atoms with Crippen molar-refractivity contribution in [2.75, 3.05) is 11.9 Å². The highest BCUT2D eigenvalue weighted by atomic mass is 15.1. The van der Waals surface area contributed by atoms with E-state index in [1.807, 2.05) is 44.3 Å². The lowest BCUT2D eigenvalue weighted by molar-refractivity contribution is 1.13. The maximum atomic E-state index is 5.37. The first-order valence-corrected chi connectivity index (χ1v) is 4.63. The first-order chi connectivity index (χ1) is 6.79. The van der Waals surface area contributed by atoms with Gasteiger partial charge in [0.2, 0.25) is 0 Å². The molecule has 2 nitrogen and oxygen atoms in total. The normalized spacial score (nSPS) is 12.0. The molecule has 1 aromatic carbocycles. The first-order valence-electron chi connectivity index (χ1n) is 4.63. The molecule has 0 amide bonds. The average molecular weight is 188 g/mol. The van der Waals surface area contributed by atoms with Crippen LogP contribution in [0.2, 0.25) is 0 Å². The van der Waals surface area contributed by atoms with Crippen LogP contribution in [0.4, 0.5) is 5.69 Å². The molecule has 0 bridgehead atoms. The highest BCUT2D eigenvalue weighted by Gasteiger charge is 2.01. The molecule has 0 saturated heterocycles. The van der Waals surface area contributed by atoms with Gasteiger partial charge in [0, 0.05) is 18.4 Å². The molecule has 0 aromatic heterocycles. The zero-order valence-corrected chi connectivity index (χ0v) is 8.64. The lowest BCUT2D eigenvalue weighted by Gasteiger charge is -2.20. The van der Waals surface area contributed by atoms with E-state index < -0.39 is 0 Å². The van der Waals surface area contributed by atoms with Crippen LogP contribution in [0.3, 0.4) is 0 Å². The number of nitrogens with zero attached hydrogens (tertiary/aromatic N) is 1. The summed E-state index contributed by atoms with van der Waals surface area (Å²) in [5.74, 6) is 0. The van der Waals surface area contributed by atoms with Gasteiger partial charge in [-0.2, -0.15) is 0 Å². The second-order valence-electron chi connectivity index (χ2n) is 2.97. The molecule has 0 aliphatic heterocycles. The summed E-state index contributed by atoms with van der Waals surface area (Å²) in [5, 5.41) is 0. The highest BCUT2D eigenvalue weighted by Crippen LogP contribution is 2.16. The fourth-order valence-electron chi connectivity index (χ4n) is 1.30. The fraction of sp³-hybridized carbons (Fsp3) is 0.167. The molecule has 0 radical (unpaired) electrons. The number of para-hydroxylation sites is 1. The maximum Gasteiger partial charge on any atom is 0.0407 e. The molecule has 0 unspecified atom stereocenters. The summed E-state index contributed by atoms with van der Waals surface area (Å²) in [6, 6.07) is 10.2. The number of benzene rings is 1. The Bertz CT molecular complexity index is 325. The van der Waals surface area contributed by atoms with Gasteiger partial charge in [0.05, 0.1) is 0 Å². The summed E-state index contributed by atoms with van der Waals surface area (Å²) >= 11 is 0. The Labute approximate surface area is 85.3 Å². The van der Waals surface area contributed by atoms with Crippen molar-refractivity contribution in [1.29, 1.82) is 0 Å². The Kier molecular flexibility index (Phi) is 3.80. The predicted molar refractivity (Wildman–Crippen MR) is 61.9 cm³/mol. The zero-order valence-electron chi connectivity index (χ0n) is 8.64. The quantitative estimate of drug-likeness (QED) is 0.738. The zero-order chi connectivity index (χ0) is 10.4. The molecular formula is C12H16N2. The number of anilines is 1. The van der Waals surface area contributed by atoms with Gasteiger partial charge < -0.3 is 10.6 Å². The second-order valence-corrected chi connectivity index (χ2v) is 2.97. The van der Waals surface area contributed by atoms with Crippen LogP contribution < -0.4 is 10.6 Å². The number of hydrogen-bond acceptors (Lipinski definition) is 2. The van der Waals surface area contributed by atoms with Gasteiger partial charge in [0.15, 0.2) is 0 Å². The number of nitrogens with two attached hydrogens (primary N) is 1. The molecule has 1 rings (SSSR count). The summed E-state index contributed by atoms with van der Waals surface area (Å²) in [5.41, 5.74) is 7.61. The molecule has 2 N–H and O–H groups in total. The van der Waals surface area contributed by atoms with Crippen LogP contribution in [0.1, 0.15) is 6.92 Å². The van der Waals surface area contributed by atoms with Crippen molar-refractivity contribution in [3.8, 4) is 0 Å². The average Bonchev–Trinajstić information content (AvgIpc) is 2.26. The molecule has 74 valence electrons. The van der Waals surface area contributed by atoms with Gasteiger partial charge in [-0.3, -0.25) is 0 Å². The Morgan fingerprint density at radius 2 is 1.93 bits per heavy atom. The van der Waals surface area contributed by atoms with Crippen LogP contribution in [-0.4, -0.2) is 7.05 Å². The smallest absolute Gasteiger partial charge is 0.0407 e. The van der Waals surface area contributed by atoms with Crippen molar-refractivity contribution in [3.05, 3.63) is 54.4 Å². The predicted octanol–water partition coefficient (Wildman–Crippen LogP) is 2.50. The molecule has 0 saturated carbocycles. The Morgan fingerprint density at radius 3 is 2.43 bits per heavy atom. The number of likely N-dealkylation sites (N-methyl/N-ethyl adjacent to an activating group) is 1. The minimum atomic E-state index is 1.08. The lowest BCUT2D eigenvalue weighted by Crippen LogP contribution is -2.14. The van der Waals surface area contributed by atoms with E-state index in [1.165, 1.54) is 0 Å². The monoisotopic (exact) mass is 188 g/mol. The van der Waals surface area contributed by atoms with Gasteiger partial charge in [-0.25, -0.2) is 0 Å². The molecule has 0 aliphatic carbocycles. The number of hydrogen-bond donors (Lipinski definition) is 1. The Balaban J connectivity index is 2.89. The third-order valence-corrected chi connectivity index (χ3v) is 2.09. The van der Waals surface area contributed by atoms with E-state index in [0.29, 0.717) is 0 Å². The Hall–Kier alpha value is -1.70. The molecule has 0 atom stereocenters. The van der Waals surface area contributed by atoms with E-state index in [0.717, 1.165) is 11.4 Å². The molecule has 0 aliphatic rings. The van der Waals surface area contributed by atoms with Crippen LogP contribution in [0, 0.1) is 0 Å². The van der Waals surface area contributed by atoms with E-state index in [9.17, 15) is 0 Å². The van der Waals surface area contributed by atoms with Crippen molar-refractivity contribution in [1.82, 2.24) is 0 Å². The summed E-state index contributed by atoms with van der Waals surface area (Å²) in [6.45, 7) is 1.99. The summed E-state index contributed by atoms with van der Waals surface area (Å²) in [7, 11) is 2.02. The molecule has 0 spiro atoms. The van der Waals surface area contributed by atoms with Crippen LogP contribution in [0.25, 0.3) is 0 Å². The van der Waals surface area contributed by atoms with E-state index in [4.69, 9.17) is 5.73 Å². The van der Waals surface area contributed by atoms with Crippen molar-refractivity contribution in [3.63, 3.8) is 0 Å². The van der Waals surface area contributed by atoms with E-state index in [-0.39, 0.29) is 0 Å². The van der Waals surface area contributed by atoms with Crippen molar-refractivity contribution < 1.29 is 0 Å². The molecular weight excluding hydrogens is 172 g/mol. The topological polar surface area (TPSA) is 29.3 Å². The molecule has 1 aromatic rings.